The van der Waals surface area contributed by atoms with E-state index in [1.54, 1.807) is 12.4 Å². The maximum Gasteiger partial charge on any atom is 0.268 e. The van der Waals surface area contributed by atoms with Crippen LogP contribution in [0.15, 0.2) is 42.7 Å². The van der Waals surface area contributed by atoms with E-state index in [1.807, 2.05) is 37.3 Å². The molecule has 3 aromatic rings. The smallest absolute Gasteiger partial charge is 0.268 e. The van der Waals surface area contributed by atoms with Gasteiger partial charge in [-0.25, -0.2) is 0 Å². The van der Waals surface area contributed by atoms with E-state index < -0.39 is 0 Å². The van der Waals surface area contributed by atoms with E-state index in [1.165, 1.54) is 0 Å². The molecule has 20 heavy (non-hydrogen) atoms. The van der Waals surface area contributed by atoms with Gasteiger partial charge in [-0.3, -0.25) is 14.8 Å². The zero-order chi connectivity index (χ0) is 13.9. The molecule has 5 heteroatoms. The number of benzene rings is 1. The molecule has 2 N–H and O–H groups in total. The molecule has 0 unspecified atom stereocenters. The first-order valence-corrected chi connectivity index (χ1v) is 6.36. The number of aromatic nitrogens is 3. The number of aromatic amines is 1. The van der Waals surface area contributed by atoms with E-state index in [4.69, 9.17) is 0 Å². The van der Waals surface area contributed by atoms with Gasteiger partial charge in [-0.1, -0.05) is 18.2 Å². The summed E-state index contributed by atoms with van der Waals surface area (Å²) in [6, 6.07) is 9.62. The molecule has 0 saturated carbocycles. The fourth-order valence-corrected chi connectivity index (χ4v) is 1.97. The van der Waals surface area contributed by atoms with Gasteiger partial charge in [0, 0.05) is 17.1 Å². The molecule has 0 aliphatic carbocycles. The number of hydrogen-bond acceptors (Lipinski definition) is 3. The summed E-state index contributed by atoms with van der Waals surface area (Å²) >= 11 is 0. The van der Waals surface area contributed by atoms with Gasteiger partial charge in [-0.05, 0) is 19.1 Å². The molecule has 3 rings (SSSR count). The molecule has 0 bridgehead atoms. The van der Waals surface area contributed by atoms with Gasteiger partial charge in [-0.2, -0.15) is 0 Å². The van der Waals surface area contributed by atoms with E-state index in [0.29, 0.717) is 12.2 Å². The minimum atomic E-state index is -0.149. The van der Waals surface area contributed by atoms with E-state index in [2.05, 4.69) is 20.3 Å². The van der Waals surface area contributed by atoms with Crippen molar-refractivity contribution in [3.63, 3.8) is 0 Å². The maximum absolute atomic E-state index is 12.1. The lowest BCUT2D eigenvalue weighted by molar-refractivity contribution is 0.0946. The molecule has 0 aliphatic rings. The third-order valence-electron chi connectivity index (χ3n) is 3.04. The Labute approximate surface area is 116 Å². The number of carbonyl (C=O) groups excluding carboxylic acids is 1. The van der Waals surface area contributed by atoms with Crippen LogP contribution in [0.25, 0.3) is 10.9 Å². The fraction of sp³-hybridized carbons (Fsp3) is 0.133. The van der Waals surface area contributed by atoms with Crippen molar-refractivity contribution in [1.82, 2.24) is 20.3 Å². The average molecular weight is 266 g/mol. The molecule has 100 valence electrons. The number of nitrogens with one attached hydrogen (secondary N) is 2. The summed E-state index contributed by atoms with van der Waals surface area (Å²) < 4.78 is 0. The highest BCUT2D eigenvalue weighted by molar-refractivity contribution is 5.97. The number of aryl methyl sites for hydroxylation is 1. The molecule has 2 aromatic heterocycles. The number of fused-ring (bicyclic) bond motifs is 1. The first-order valence-electron chi connectivity index (χ1n) is 6.36. The van der Waals surface area contributed by atoms with E-state index in [-0.39, 0.29) is 5.91 Å². The molecule has 0 saturated heterocycles. The van der Waals surface area contributed by atoms with Crippen molar-refractivity contribution in [3.8, 4) is 0 Å². The Hall–Kier alpha value is -2.69. The van der Waals surface area contributed by atoms with Gasteiger partial charge < -0.3 is 10.3 Å². The van der Waals surface area contributed by atoms with Crippen LogP contribution in [0.1, 0.15) is 21.9 Å². The Kier molecular flexibility index (Phi) is 3.16. The summed E-state index contributed by atoms with van der Waals surface area (Å²) in [5, 5.41) is 3.84. The number of hydrogen-bond donors (Lipinski definition) is 2. The van der Waals surface area contributed by atoms with Crippen molar-refractivity contribution in [2.75, 3.05) is 0 Å². The predicted molar refractivity (Wildman–Crippen MR) is 76.2 cm³/mol. The van der Waals surface area contributed by atoms with E-state index in [0.717, 1.165) is 22.3 Å². The maximum atomic E-state index is 12.1. The second-order valence-corrected chi connectivity index (χ2v) is 4.60. The van der Waals surface area contributed by atoms with Crippen LogP contribution in [0.4, 0.5) is 0 Å². The molecule has 1 amide bonds. The Morgan fingerprint density at radius 2 is 2.10 bits per heavy atom. The van der Waals surface area contributed by atoms with Gasteiger partial charge in [0.2, 0.25) is 0 Å². The van der Waals surface area contributed by atoms with Crippen LogP contribution >= 0.6 is 0 Å². The molecular weight excluding hydrogens is 252 g/mol. The van der Waals surface area contributed by atoms with Gasteiger partial charge in [0.1, 0.15) is 5.69 Å². The van der Waals surface area contributed by atoms with E-state index >= 15 is 0 Å². The lowest BCUT2D eigenvalue weighted by Gasteiger charge is -2.03. The zero-order valence-electron chi connectivity index (χ0n) is 11.1. The zero-order valence-corrected chi connectivity index (χ0v) is 11.1. The van der Waals surface area contributed by atoms with Gasteiger partial charge in [0.15, 0.2) is 0 Å². The number of carbonyl (C=O) groups is 1. The summed E-state index contributed by atoms with van der Waals surface area (Å²) in [4.78, 5) is 23.5. The molecule has 0 fully saturated rings. The SMILES string of the molecule is Cc1cnc(CNC(=O)c2cc3ccccc3[nH]2)cn1. The Morgan fingerprint density at radius 3 is 2.85 bits per heavy atom. The number of para-hydroxylation sites is 1. The first-order chi connectivity index (χ1) is 9.72. The lowest BCUT2D eigenvalue weighted by Crippen LogP contribution is -2.23. The topological polar surface area (TPSA) is 70.7 Å². The van der Waals surface area contributed by atoms with Gasteiger partial charge >= 0.3 is 0 Å². The summed E-state index contributed by atoms with van der Waals surface area (Å²) in [6.45, 7) is 2.24. The normalized spacial score (nSPS) is 10.7. The molecule has 1 aromatic carbocycles. The van der Waals surface area contributed by atoms with Crippen molar-refractivity contribution in [2.45, 2.75) is 13.5 Å². The van der Waals surface area contributed by atoms with Crippen LogP contribution in [0.2, 0.25) is 0 Å². The van der Waals surface area contributed by atoms with Crippen LogP contribution in [0.5, 0.6) is 0 Å². The summed E-state index contributed by atoms with van der Waals surface area (Å²) in [7, 11) is 0. The summed E-state index contributed by atoms with van der Waals surface area (Å²) in [5.41, 5.74) is 3.09. The summed E-state index contributed by atoms with van der Waals surface area (Å²) in [6.07, 6.45) is 3.35. The molecule has 0 spiro atoms. The van der Waals surface area contributed by atoms with Crippen molar-refractivity contribution in [3.05, 3.63) is 59.8 Å². The molecule has 0 aliphatic heterocycles. The monoisotopic (exact) mass is 266 g/mol. The third-order valence-corrected chi connectivity index (χ3v) is 3.04. The predicted octanol–water partition coefficient (Wildman–Crippen LogP) is 2.20. The van der Waals surface area contributed by atoms with Crippen LogP contribution < -0.4 is 5.32 Å². The first kappa shape index (κ1) is 12.3. The van der Waals surface area contributed by atoms with Crippen molar-refractivity contribution < 1.29 is 4.79 Å². The molecule has 2 heterocycles. The van der Waals surface area contributed by atoms with Crippen molar-refractivity contribution >= 4 is 16.8 Å². The van der Waals surface area contributed by atoms with Gasteiger partial charge in [0.25, 0.3) is 5.91 Å². The number of amides is 1. The third kappa shape index (κ3) is 2.51. The van der Waals surface area contributed by atoms with Crippen LogP contribution in [0.3, 0.4) is 0 Å². The van der Waals surface area contributed by atoms with Crippen LogP contribution in [-0.4, -0.2) is 20.9 Å². The molecular formula is C15H14N4O. The minimum absolute atomic E-state index is 0.149. The Balaban J connectivity index is 1.71. The van der Waals surface area contributed by atoms with E-state index in [9.17, 15) is 4.79 Å². The average Bonchev–Trinajstić information content (AvgIpc) is 2.90. The highest BCUT2D eigenvalue weighted by Gasteiger charge is 2.09. The molecule has 0 radical (unpaired) electrons. The largest absolute Gasteiger partial charge is 0.351 e. The highest BCUT2D eigenvalue weighted by atomic mass is 16.1. The van der Waals surface area contributed by atoms with Crippen molar-refractivity contribution in [1.29, 1.82) is 0 Å². The summed E-state index contributed by atoms with van der Waals surface area (Å²) in [5.74, 6) is -0.149. The molecule has 5 nitrogen and oxygen atoms in total. The second kappa shape index (κ2) is 5.13. The lowest BCUT2D eigenvalue weighted by atomic mass is 10.2. The van der Waals surface area contributed by atoms with Gasteiger partial charge in [-0.15, -0.1) is 0 Å². The highest BCUT2D eigenvalue weighted by Crippen LogP contribution is 2.14. The van der Waals surface area contributed by atoms with Gasteiger partial charge in [0.05, 0.1) is 24.1 Å². The van der Waals surface area contributed by atoms with Crippen molar-refractivity contribution in [2.24, 2.45) is 0 Å². The standard InChI is InChI=1S/C15H14N4O/c1-10-7-17-12(8-16-10)9-18-15(20)14-6-11-4-2-3-5-13(11)19-14/h2-8,19H,9H2,1H3,(H,18,20). The van der Waals surface area contributed by atoms with Crippen LogP contribution in [-0.2, 0) is 6.54 Å². The quantitative estimate of drug-likeness (QED) is 0.763. The number of nitrogens with zero attached hydrogens (tertiary/aromatic N) is 2. The van der Waals surface area contributed by atoms with Crippen LogP contribution in [0, 0.1) is 6.92 Å². The number of H-pyrrole nitrogens is 1. The Bertz CT molecular complexity index is 713. The molecule has 0 atom stereocenters. The Morgan fingerprint density at radius 1 is 1.25 bits per heavy atom. The number of rotatable bonds is 3. The fourth-order valence-electron chi connectivity index (χ4n) is 1.97. The second-order valence-electron chi connectivity index (χ2n) is 4.60. The minimum Gasteiger partial charge on any atom is -0.351 e.